The third kappa shape index (κ3) is 3.54. The van der Waals surface area contributed by atoms with Gasteiger partial charge < -0.3 is 15.8 Å². The molecular formula is C14H20N2O3. The van der Waals surface area contributed by atoms with E-state index in [1.807, 2.05) is 13.8 Å². The molecule has 5 nitrogen and oxygen atoms in total. The van der Waals surface area contributed by atoms with Crippen LogP contribution in [0.25, 0.3) is 0 Å². The van der Waals surface area contributed by atoms with Gasteiger partial charge in [0.1, 0.15) is 0 Å². The van der Waals surface area contributed by atoms with Gasteiger partial charge in [-0.25, -0.2) is 4.79 Å². The Kier molecular flexibility index (Phi) is 5.06. The smallest absolute Gasteiger partial charge is 0.338 e. The number of esters is 1. The molecule has 0 aromatic heterocycles. The Morgan fingerprint density at radius 2 is 1.95 bits per heavy atom. The van der Waals surface area contributed by atoms with E-state index in [0.29, 0.717) is 16.8 Å². The van der Waals surface area contributed by atoms with E-state index in [1.165, 1.54) is 7.11 Å². The first-order valence-corrected chi connectivity index (χ1v) is 6.12. The molecule has 0 bridgehead atoms. The van der Waals surface area contributed by atoms with E-state index in [9.17, 15) is 9.59 Å². The van der Waals surface area contributed by atoms with Crippen LogP contribution in [0.1, 0.15) is 29.8 Å². The Labute approximate surface area is 113 Å². The van der Waals surface area contributed by atoms with Crippen molar-refractivity contribution in [2.24, 2.45) is 11.7 Å². The van der Waals surface area contributed by atoms with E-state index < -0.39 is 12.0 Å². The summed E-state index contributed by atoms with van der Waals surface area (Å²) < 4.78 is 4.69. The lowest BCUT2D eigenvalue weighted by Crippen LogP contribution is -2.39. The third-order valence-electron chi connectivity index (χ3n) is 3.02. The highest BCUT2D eigenvalue weighted by Gasteiger charge is 2.19. The van der Waals surface area contributed by atoms with Crippen LogP contribution in [-0.4, -0.2) is 25.0 Å². The Morgan fingerprint density at radius 1 is 1.32 bits per heavy atom. The second-order valence-electron chi connectivity index (χ2n) is 4.73. The van der Waals surface area contributed by atoms with Crippen molar-refractivity contribution in [1.82, 2.24) is 0 Å². The van der Waals surface area contributed by atoms with Crippen LogP contribution in [0.3, 0.4) is 0 Å². The molecular weight excluding hydrogens is 244 g/mol. The average Bonchev–Trinajstić information content (AvgIpc) is 2.39. The third-order valence-corrected chi connectivity index (χ3v) is 3.02. The summed E-state index contributed by atoms with van der Waals surface area (Å²) in [5, 5.41) is 2.74. The molecule has 1 aromatic rings. The second kappa shape index (κ2) is 6.33. The molecule has 1 atom stereocenters. The van der Waals surface area contributed by atoms with E-state index in [2.05, 4.69) is 10.1 Å². The zero-order valence-electron chi connectivity index (χ0n) is 11.7. The second-order valence-corrected chi connectivity index (χ2v) is 4.73. The lowest BCUT2D eigenvalue weighted by Gasteiger charge is -2.17. The molecule has 0 radical (unpaired) electrons. The fraction of sp³-hybridized carbons (Fsp3) is 0.429. The van der Waals surface area contributed by atoms with Crippen LogP contribution < -0.4 is 11.1 Å². The number of nitrogens with two attached hydrogens (primary N) is 1. The Bertz CT molecular complexity index is 484. The van der Waals surface area contributed by atoms with Crippen LogP contribution in [-0.2, 0) is 9.53 Å². The van der Waals surface area contributed by atoms with Gasteiger partial charge in [0, 0.05) is 5.69 Å². The minimum absolute atomic E-state index is 0.0455. The van der Waals surface area contributed by atoms with Crippen LogP contribution in [0.15, 0.2) is 18.2 Å². The summed E-state index contributed by atoms with van der Waals surface area (Å²) in [6.07, 6.45) is 0. The molecule has 0 unspecified atom stereocenters. The van der Waals surface area contributed by atoms with Gasteiger partial charge in [0.15, 0.2) is 0 Å². The van der Waals surface area contributed by atoms with Gasteiger partial charge >= 0.3 is 5.97 Å². The van der Waals surface area contributed by atoms with E-state index in [0.717, 1.165) is 0 Å². The highest BCUT2D eigenvalue weighted by atomic mass is 16.5. The van der Waals surface area contributed by atoms with Crippen molar-refractivity contribution >= 4 is 17.6 Å². The minimum Gasteiger partial charge on any atom is -0.465 e. The quantitative estimate of drug-likeness (QED) is 0.811. The van der Waals surface area contributed by atoms with Crippen molar-refractivity contribution in [2.75, 3.05) is 12.4 Å². The number of anilines is 1. The molecule has 5 heteroatoms. The number of ether oxygens (including phenoxy) is 1. The van der Waals surface area contributed by atoms with Gasteiger partial charge in [-0.15, -0.1) is 0 Å². The predicted molar refractivity (Wildman–Crippen MR) is 74.0 cm³/mol. The number of benzene rings is 1. The lowest BCUT2D eigenvalue weighted by molar-refractivity contribution is -0.118. The largest absolute Gasteiger partial charge is 0.465 e. The van der Waals surface area contributed by atoms with Crippen LogP contribution in [0, 0.1) is 12.8 Å². The normalized spacial score (nSPS) is 12.1. The van der Waals surface area contributed by atoms with Crippen molar-refractivity contribution in [3.8, 4) is 0 Å². The fourth-order valence-electron chi connectivity index (χ4n) is 1.62. The van der Waals surface area contributed by atoms with Crippen molar-refractivity contribution in [3.63, 3.8) is 0 Å². The summed E-state index contributed by atoms with van der Waals surface area (Å²) in [5.41, 5.74) is 7.45. The maximum absolute atomic E-state index is 11.9. The van der Waals surface area contributed by atoms with Crippen molar-refractivity contribution in [1.29, 1.82) is 0 Å². The summed E-state index contributed by atoms with van der Waals surface area (Å²) in [6.45, 7) is 5.51. The minimum atomic E-state index is -0.582. The number of carbonyl (C=O) groups is 2. The molecule has 0 aliphatic carbocycles. The summed E-state index contributed by atoms with van der Waals surface area (Å²) in [7, 11) is 1.32. The van der Waals surface area contributed by atoms with Gasteiger partial charge in [0.2, 0.25) is 5.91 Å². The number of amides is 1. The molecule has 0 saturated carbocycles. The molecule has 0 heterocycles. The molecule has 104 valence electrons. The van der Waals surface area contributed by atoms with E-state index in [4.69, 9.17) is 5.73 Å². The standard InChI is InChI=1S/C14H20N2O3/c1-8(2)12(15)13(17)16-11-7-5-6-10(9(11)3)14(18)19-4/h5-8,12H,15H2,1-4H3,(H,16,17)/t12-/m0/s1. The highest BCUT2D eigenvalue weighted by Crippen LogP contribution is 2.20. The van der Waals surface area contributed by atoms with Gasteiger partial charge in [-0.05, 0) is 30.5 Å². The van der Waals surface area contributed by atoms with E-state index in [1.54, 1.807) is 25.1 Å². The number of hydrogen-bond acceptors (Lipinski definition) is 4. The van der Waals surface area contributed by atoms with E-state index in [-0.39, 0.29) is 11.8 Å². The molecule has 0 saturated heterocycles. The molecule has 3 N–H and O–H groups in total. The summed E-state index contributed by atoms with van der Waals surface area (Å²) >= 11 is 0. The fourth-order valence-corrected chi connectivity index (χ4v) is 1.62. The van der Waals surface area contributed by atoms with Gasteiger partial charge in [-0.1, -0.05) is 19.9 Å². The predicted octanol–water partition coefficient (Wildman–Crippen LogP) is 1.70. The number of carbonyl (C=O) groups excluding carboxylic acids is 2. The maximum atomic E-state index is 11.9. The first-order chi connectivity index (χ1) is 8.88. The van der Waals surface area contributed by atoms with Crippen LogP contribution >= 0.6 is 0 Å². The number of rotatable bonds is 4. The van der Waals surface area contributed by atoms with Crippen LogP contribution in [0.4, 0.5) is 5.69 Å². The maximum Gasteiger partial charge on any atom is 0.338 e. The molecule has 1 amide bonds. The van der Waals surface area contributed by atoms with Crippen molar-refractivity contribution in [2.45, 2.75) is 26.8 Å². The Morgan fingerprint density at radius 3 is 2.47 bits per heavy atom. The molecule has 19 heavy (non-hydrogen) atoms. The Hall–Kier alpha value is -1.88. The zero-order chi connectivity index (χ0) is 14.6. The summed E-state index contributed by atoms with van der Waals surface area (Å²) in [5.74, 6) is -0.647. The molecule has 0 fully saturated rings. The van der Waals surface area contributed by atoms with Gasteiger partial charge in [-0.3, -0.25) is 4.79 Å². The molecule has 0 aliphatic heterocycles. The SMILES string of the molecule is COC(=O)c1cccc(NC(=O)[C@@H](N)C(C)C)c1C. The molecule has 1 rings (SSSR count). The average molecular weight is 264 g/mol. The number of hydrogen-bond donors (Lipinski definition) is 2. The van der Waals surface area contributed by atoms with Crippen molar-refractivity contribution < 1.29 is 14.3 Å². The number of nitrogens with one attached hydrogen (secondary N) is 1. The van der Waals surface area contributed by atoms with Gasteiger partial charge in [-0.2, -0.15) is 0 Å². The summed E-state index contributed by atoms with van der Waals surface area (Å²) in [4.78, 5) is 23.5. The topological polar surface area (TPSA) is 81.4 Å². The van der Waals surface area contributed by atoms with Crippen LogP contribution in [0.5, 0.6) is 0 Å². The first-order valence-electron chi connectivity index (χ1n) is 6.12. The first kappa shape index (κ1) is 15.2. The highest BCUT2D eigenvalue weighted by molar-refractivity contribution is 5.98. The molecule has 0 aliphatic rings. The zero-order valence-corrected chi connectivity index (χ0v) is 11.7. The van der Waals surface area contributed by atoms with Crippen LogP contribution in [0.2, 0.25) is 0 Å². The molecule has 1 aromatic carbocycles. The Balaban J connectivity index is 2.97. The monoisotopic (exact) mass is 264 g/mol. The summed E-state index contributed by atoms with van der Waals surface area (Å²) in [6, 6.07) is 4.49. The van der Waals surface area contributed by atoms with Gasteiger partial charge in [0.25, 0.3) is 0 Å². The number of methoxy groups -OCH3 is 1. The van der Waals surface area contributed by atoms with E-state index >= 15 is 0 Å². The van der Waals surface area contributed by atoms with Crippen molar-refractivity contribution in [3.05, 3.63) is 29.3 Å². The van der Waals surface area contributed by atoms with Gasteiger partial charge in [0.05, 0.1) is 18.7 Å². The lowest BCUT2D eigenvalue weighted by atomic mass is 10.0. The molecule has 0 spiro atoms.